The Labute approximate surface area is 153 Å². The predicted molar refractivity (Wildman–Crippen MR) is 99.5 cm³/mol. The zero-order valence-electron chi connectivity index (χ0n) is 13.4. The van der Waals surface area contributed by atoms with E-state index in [1.54, 1.807) is 37.5 Å². The highest BCUT2D eigenvalue weighted by Crippen LogP contribution is 2.25. The van der Waals surface area contributed by atoms with Gasteiger partial charge < -0.3 is 15.4 Å². The molecule has 0 aliphatic carbocycles. The number of methoxy groups -OCH3 is 1. The largest absolute Gasteiger partial charge is 0.497 e. The molecule has 0 aliphatic heterocycles. The number of ether oxygens (including phenoxy) is 1. The van der Waals surface area contributed by atoms with Crippen molar-refractivity contribution in [3.8, 4) is 5.75 Å². The maximum atomic E-state index is 11.8. The quantitative estimate of drug-likeness (QED) is 0.478. The predicted octanol–water partition coefficient (Wildman–Crippen LogP) is 2.59. The summed E-state index contributed by atoms with van der Waals surface area (Å²) in [6, 6.07) is 6.18. The number of urea groups is 1. The molecule has 0 saturated carbocycles. The Kier molecular flexibility index (Phi) is 7.23. The fourth-order valence-corrected chi connectivity index (χ4v) is 3.18. The van der Waals surface area contributed by atoms with Crippen LogP contribution in [-0.2, 0) is 4.79 Å². The topological polar surface area (TPSA) is 105 Å². The molecule has 0 bridgehead atoms. The van der Waals surface area contributed by atoms with Gasteiger partial charge in [0, 0.05) is 12.2 Å². The molecule has 1 aromatic heterocycles. The van der Waals surface area contributed by atoms with Gasteiger partial charge in [-0.05, 0) is 24.3 Å². The molecule has 0 saturated heterocycles. The lowest BCUT2D eigenvalue weighted by atomic mass is 10.3. The Balaban J connectivity index is 1.74. The zero-order valence-corrected chi connectivity index (χ0v) is 15.1. The third kappa shape index (κ3) is 6.43. The summed E-state index contributed by atoms with van der Waals surface area (Å²) in [6.45, 7) is 4.19. The van der Waals surface area contributed by atoms with Gasteiger partial charge in [-0.25, -0.2) is 4.79 Å². The fraction of sp³-hybridized carbons (Fsp3) is 0.200. The summed E-state index contributed by atoms with van der Waals surface area (Å²) in [5.74, 6) is 0.316. The highest BCUT2D eigenvalue weighted by Gasteiger charge is 2.11. The summed E-state index contributed by atoms with van der Waals surface area (Å²) >= 11 is 2.54. The maximum Gasteiger partial charge on any atom is 0.325 e. The Bertz CT molecular complexity index is 733. The molecular weight excluding hydrogens is 362 g/mol. The van der Waals surface area contributed by atoms with Gasteiger partial charge in [0.2, 0.25) is 11.0 Å². The van der Waals surface area contributed by atoms with Crippen LogP contribution in [0.1, 0.15) is 0 Å². The first-order chi connectivity index (χ1) is 12.1. The van der Waals surface area contributed by atoms with Crippen molar-refractivity contribution in [2.75, 3.05) is 30.0 Å². The SMILES string of the molecule is C=CCNc1nnc(SCC(=O)NC(=O)Nc2ccc(OC)cc2)s1. The third-order valence-corrected chi connectivity index (χ3v) is 4.75. The fourth-order valence-electron chi connectivity index (χ4n) is 1.63. The minimum absolute atomic E-state index is 0.0616. The van der Waals surface area contributed by atoms with E-state index >= 15 is 0 Å². The minimum Gasteiger partial charge on any atom is -0.497 e. The number of nitrogens with zero attached hydrogens (tertiary/aromatic N) is 2. The third-order valence-electron chi connectivity index (χ3n) is 2.73. The van der Waals surface area contributed by atoms with Gasteiger partial charge in [0.15, 0.2) is 4.34 Å². The van der Waals surface area contributed by atoms with Crippen LogP contribution in [0.2, 0.25) is 0 Å². The first-order valence-electron chi connectivity index (χ1n) is 7.16. The van der Waals surface area contributed by atoms with Crippen LogP contribution >= 0.6 is 23.1 Å². The van der Waals surface area contributed by atoms with Crippen LogP contribution in [0.15, 0.2) is 41.3 Å². The van der Waals surface area contributed by atoms with Gasteiger partial charge in [-0.1, -0.05) is 29.2 Å². The van der Waals surface area contributed by atoms with Crippen LogP contribution in [0.3, 0.4) is 0 Å². The number of amides is 3. The number of hydrogen-bond donors (Lipinski definition) is 3. The van der Waals surface area contributed by atoms with Gasteiger partial charge >= 0.3 is 6.03 Å². The Hall–Kier alpha value is -2.59. The summed E-state index contributed by atoms with van der Waals surface area (Å²) in [6.07, 6.45) is 1.71. The first kappa shape index (κ1) is 18.7. The van der Waals surface area contributed by atoms with Crippen molar-refractivity contribution in [1.82, 2.24) is 15.5 Å². The lowest BCUT2D eigenvalue weighted by molar-refractivity contribution is -0.117. The molecule has 0 atom stereocenters. The van der Waals surface area contributed by atoms with Crippen LogP contribution in [0.5, 0.6) is 5.75 Å². The van der Waals surface area contributed by atoms with E-state index in [-0.39, 0.29) is 5.75 Å². The van der Waals surface area contributed by atoms with Crippen LogP contribution in [0, 0.1) is 0 Å². The molecular formula is C15H17N5O3S2. The van der Waals surface area contributed by atoms with E-state index in [0.717, 1.165) is 0 Å². The number of benzene rings is 1. The van der Waals surface area contributed by atoms with Crippen molar-refractivity contribution in [1.29, 1.82) is 0 Å². The number of hydrogen-bond acceptors (Lipinski definition) is 8. The van der Waals surface area contributed by atoms with Crippen LogP contribution in [0.4, 0.5) is 15.6 Å². The lowest BCUT2D eigenvalue weighted by Crippen LogP contribution is -2.35. The second-order valence-electron chi connectivity index (χ2n) is 4.56. The maximum absolute atomic E-state index is 11.8. The van der Waals surface area contributed by atoms with Gasteiger partial charge in [-0.3, -0.25) is 10.1 Å². The summed E-state index contributed by atoms with van der Waals surface area (Å²) in [5, 5.41) is 16.4. The van der Waals surface area contributed by atoms with E-state index in [2.05, 4.69) is 32.7 Å². The van der Waals surface area contributed by atoms with Crippen molar-refractivity contribution >= 4 is 45.9 Å². The zero-order chi connectivity index (χ0) is 18.1. The Morgan fingerprint density at radius 1 is 1.32 bits per heavy atom. The van der Waals surface area contributed by atoms with Gasteiger partial charge in [0.25, 0.3) is 0 Å². The standard InChI is InChI=1S/C15H17N5O3S2/c1-3-8-16-14-19-20-15(25-14)24-9-12(21)18-13(22)17-10-4-6-11(23-2)7-5-10/h3-7H,1,8-9H2,2H3,(H,16,19)(H2,17,18,21,22). The number of carbonyl (C=O) groups is 2. The Morgan fingerprint density at radius 2 is 2.08 bits per heavy atom. The second-order valence-corrected chi connectivity index (χ2v) is 6.76. The summed E-state index contributed by atoms with van der Waals surface area (Å²) in [7, 11) is 1.56. The second kappa shape index (κ2) is 9.64. The molecule has 2 rings (SSSR count). The highest BCUT2D eigenvalue weighted by atomic mass is 32.2. The van der Waals surface area contributed by atoms with Crippen LogP contribution in [-0.4, -0.2) is 41.5 Å². The molecule has 0 radical (unpaired) electrons. The molecule has 8 nitrogen and oxygen atoms in total. The number of rotatable bonds is 8. The molecule has 1 aromatic carbocycles. The van der Waals surface area contributed by atoms with Gasteiger partial charge in [0.1, 0.15) is 5.75 Å². The molecule has 0 spiro atoms. The molecule has 10 heteroatoms. The lowest BCUT2D eigenvalue weighted by Gasteiger charge is -2.07. The summed E-state index contributed by atoms with van der Waals surface area (Å²) in [5.41, 5.74) is 0.556. The summed E-state index contributed by atoms with van der Waals surface area (Å²) < 4.78 is 5.67. The molecule has 0 unspecified atom stereocenters. The molecule has 25 heavy (non-hydrogen) atoms. The minimum atomic E-state index is -0.596. The number of anilines is 2. The number of carbonyl (C=O) groups excluding carboxylic acids is 2. The van der Waals surface area contributed by atoms with Gasteiger partial charge in [-0.15, -0.1) is 16.8 Å². The van der Waals surface area contributed by atoms with Crippen molar-refractivity contribution < 1.29 is 14.3 Å². The number of nitrogens with one attached hydrogen (secondary N) is 3. The summed E-state index contributed by atoms with van der Waals surface area (Å²) in [4.78, 5) is 23.6. The normalized spacial score (nSPS) is 9.96. The van der Waals surface area contributed by atoms with E-state index < -0.39 is 11.9 Å². The molecule has 3 N–H and O–H groups in total. The van der Waals surface area contributed by atoms with Crippen molar-refractivity contribution in [3.05, 3.63) is 36.9 Å². The van der Waals surface area contributed by atoms with Crippen LogP contribution < -0.4 is 20.7 Å². The molecule has 1 heterocycles. The average molecular weight is 379 g/mol. The first-order valence-corrected chi connectivity index (χ1v) is 8.97. The van der Waals surface area contributed by atoms with Crippen LogP contribution in [0.25, 0.3) is 0 Å². The number of imide groups is 1. The van der Waals surface area contributed by atoms with E-state index in [1.165, 1.54) is 23.1 Å². The van der Waals surface area contributed by atoms with Crippen molar-refractivity contribution in [3.63, 3.8) is 0 Å². The van der Waals surface area contributed by atoms with Gasteiger partial charge in [-0.2, -0.15) is 0 Å². The average Bonchev–Trinajstić information content (AvgIpc) is 3.06. The molecule has 0 fully saturated rings. The number of aromatic nitrogens is 2. The number of thioether (sulfide) groups is 1. The smallest absolute Gasteiger partial charge is 0.325 e. The van der Waals surface area contributed by atoms with E-state index in [9.17, 15) is 9.59 Å². The molecule has 3 amide bonds. The van der Waals surface area contributed by atoms with E-state index in [1.807, 2.05) is 0 Å². The molecule has 2 aromatic rings. The van der Waals surface area contributed by atoms with E-state index in [4.69, 9.17) is 4.74 Å². The van der Waals surface area contributed by atoms with E-state index in [0.29, 0.717) is 27.5 Å². The monoisotopic (exact) mass is 379 g/mol. The van der Waals surface area contributed by atoms with Crippen molar-refractivity contribution in [2.24, 2.45) is 0 Å². The Morgan fingerprint density at radius 3 is 2.76 bits per heavy atom. The molecule has 132 valence electrons. The molecule has 0 aliphatic rings. The van der Waals surface area contributed by atoms with Crippen molar-refractivity contribution in [2.45, 2.75) is 4.34 Å². The van der Waals surface area contributed by atoms with Gasteiger partial charge in [0.05, 0.1) is 12.9 Å². The highest BCUT2D eigenvalue weighted by molar-refractivity contribution is 8.01.